The molecule has 0 atom stereocenters. The van der Waals surface area contributed by atoms with Gasteiger partial charge >= 0.3 is 0 Å². The van der Waals surface area contributed by atoms with Gasteiger partial charge in [-0.05, 0) is 25.3 Å². The van der Waals surface area contributed by atoms with Gasteiger partial charge in [-0.3, -0.25) is 9.59 Å². The van der Waals surface area contributed by atoms with Gasteiger partial charge in [0.25, 0.3) is 0 Å². The van der Waals surface area contributed by atoms with Crippen LogP contribution in [-0.4, -0.2) is 11.6 Å². The number of rotatable bonds is 9. The molecular formula is C15H22O2. The average Bonchev–Trinajstić information content (AvgIpc) is 2.28. The summed E-state index contributed by atoms with van der Waals surface area (Å²) in [5.74, 6) is -0.0887. The predicted molar refractivity (Wildman–Crippen MR) is 71.9 cm³/mol. The van der Waals surface area contributed by atoms with E-state index in [2.05, 4.69) is 19.1 Å². The van der Waals surface area contributed by atoms with Gasteiger partial charge in [0.1, 0.15) is 5.78 Å². The van der Waals surface area contributed by atoms with E-state index in [1.165, 1.54) is 6.08 Å². The maximum atomic E-state index is 11.3. The Labute approximate surface area is 104 Å². The van der Waals surface area contributed by atoms with Crippen LogP contribution in [0.15, 0.2) is 36.5 Å². The van der Waals surface area contributed by atoms with Crippen molar-refractivity contribution in [3.63, 3.8) is 0 Å². The highest BCUT2D eigenvalue weighted by molar-refractivity contribution is 6.04. The molecule has 0 bridgehead atoms. The Bertz CT molecular complexity index is 309. The molecule has 94 valence electrons. The molecular weight excluding hydrogens is 212 g/mol. The molecule has 0 aromatic heterocycles. The third kappa shape index (κ3) is 10.8. The Morgan fingerprint density at radius 2 is 1.76 bits per heavy atom. The van der Waals surface area contributed by atoms with E-state index in [9.17, 15) is 9.59 Å². The summed E-state index contributed by atoms with van der Waals surface area (Å²) < 4.78 is 0. The molecule has 0 radical (unpaired) electrons. The molecule has 0 aliphatic heterocycles. The van der Waals surface area contributed by atoms with E-state index < -0.39 is 0 Å². The summed E-state index contributed by atoms with van der Waals surface area (Å²) in [6.07, 6.45) is 14.4. The summed E-state index contributed by atoms with van der Waals surface area (Å²) in [7, 11) is 0. The summed E-state index contributed by atoms with van der Waals surface area (Å²) in [4.78, 5) is 22.5. The molecule has 0 aromatic carbocycles. The monoisotopic (exact) mass is 234 g/mol. The van der Waals surface area contributed by atoms with E-state index in [-0.39, 0.29) is 18.0 Å². The van der Waals surface area contributed by atoms with Gasteiger partial charge in [-0.1, -0.05) is 44.2 Å². The minimum Gasteiger partial charge on any atom is -0.299 e. The summed E-state index contributed by atoms with van der Waals surface area (Å²) in [6.45, 7) is 4.02. The van der Waals surface area contributed by atoms with Gasteiger partial charge in [0.15, 0.2) is 5.78 Å². The van der Waals surface area contributed by atoms with Gasteiger partial charge in [0, 0.05) is 6.42 Å². The number of ketones is 2. The first-order chi connectivity index (χ1) is 8.20. The van der Waals surface area contributed by atoms with Crippen molar-refractivity contribution in [2.24, 2.45) is 0 Å². The summed E-state index contributed by atoms with van der Waals surface area (Å²) in [6, 6.07) is 0. The van der Waals surface area contributed by atoms with Crippen LogP contribution in [0.2, 0.25) is 0 Å². The quantitative estimate of drug-likeness (QED) is 0.263. The van der Waals surface area contributed by atoms with E-state index in [1.54, 1.807) is 6.08 Å². The molecule has 17 heavy (non-hydrogen) atoms. The summed E-state index contributed by atoms with van der Waals surface area (Å²) in [5.41, 5.74) is 0. The van der Waals surface area contributed by atoms with Gasteiger partial charge in [0.2, 0.25) is 0 Å². The van der Waals surface area contributed by atoms with Crippen LogP contribution < -0.4 is 0 Å². The number of Topliss-reactive ketones (excluding diaryl/α,β-unsaturated/α-hetero) is 1. The molecule has 0 saturated carbocycles. The van der Waals surface area contributed by atoms with Crippen LogP contribution >= 0.6 is 0 Å². The van der Waals surface area contributed by atoms with Gasteiger partial charge < -0.3 is 0 Å². The standard InChI is InChI=1S/C15H22O2/c1-3-5-6-7-8-9-10-12-15(17)13-14(16)11-4-2/h5-6,8-10,12H,3-4,7,11,13H2,1-2H3. The van der Waals surface area contributed by atoms with Crippen LogP contribution in [0.4, 0.5) is 0 Å². The molecule has 2 nitrogen and oxygen atoms in total. The summed E-state index contributed by atoms with van der Waals surface area (Å²) >= 11 is 0. The van der Waals surface area contributed by atoms with Crippen LogP contribution in [0, 0.1) is 0 Å². The average molecular weight is 234 g/mol. The van der Waals surface area contributed by atoms with Crippen molar-refractivity contribution in [2.75, 3.05) is 0 Å². The third-order valence-electron chi connectivity index (χ3n) is 2.10. The van der Waals surface area contributed by atoms with Crippen LogP contribution in [0.3, 0.4) is 0 Å². The lowest BCUT2D eigenvalue weighted by Crippen LogP contribution is -2.04. The zero-order valence-corrected chi connectivity index (χ0v) is 10.8. The molecule has 0 saturated heterocycles. The topological polar surface area (TPSA) is 34.1 Å². The highest BCUT2D eigenvalue weighted by atomic mass is 16.1. The van der Waals surface area contributed by atoms with Crippen molar-refractivity contribution in [3.05, 3.63) is 36.5 Å². The number of carbonyl (C=O) groups is 2. The molecule has 2 heteroatoms. The van der Waals surface area contributed by atoms with E-state index in [0.717, 1.165) is 19.3 Å². The fraction of sp³-hybridized carbons (Fsp3) is 0.467. The maximum absolute atomic E-state index is 11.3. The van der Waals surface area contributed by atoms with Gasteiger partial charge in [-0.15, -0.1) is 0 Å². The van der Waals surface area contributed by atoms with Crippen molar-refractivity contribution in [3.8, 4) is 0 Å². The lowest BCUT2D eigenvalue weighted by Gasteiger charge is -1.93. The van der Waals surface area contributed by atoms with Crippen molar-refractivity contribution >= 4 is 11.6 Å². The van der Waals surface area contributed by atoms with Crippen molar-refractivity contribution in [1.29, 1.82) is 0 Å². The van der Waals surface area contributed by atoms with Crippen LogP contribution in [0.25, 0.3) is 0 Å². The van der Waals surface area contributed by atoms with Crippen molar-refractivity contribution in [2.45, 2.75) is 46.0 Å². The van der Waals surface area contributed by atoms with Crippen LogP contribution in [-0.2, 0) is 9.59 Å². The zero-order chi connectivity index (χ0) is 12.9. The maximum Gasteiger partial charge on any atom is 0.163 e. The van der Waals surface area contributed by atoms with E-state index in [0.29, 0.717) is 6.42 Å². The number of carbonyl (C=O) groups excluding carboxylic acids is 2. The SMILES string of the molecule is CCC=CCC=CC=CC(=O)CC(=O)CCC. The highest BCUT2D eigenvalue weighted by Crippen LogP contribution is 1.96. The van der Waals surface area contributed by atoms with E-state index in [1.807, 2.05) is 19.1 Å². The number of allylic oxidation sites excluding steroid dienone is 6. The molecule has 0 unspecified atom stereocenters. The summed E-state index contributed by atoms with van der Waals surface area (Å²) in [5, 5.41) is 0. The molecule has 0 heterocycles. The molecule has 0 N–H and O–H groups in total. The van der Waals surface area contributed by atoms with Crippen LogP contribution in [0.1, 0.15) is 46.0 Å². The smallest absolute Gasteiger partial charge is 0.163 e. The van der Waals surface area contributed by atoms with E-state index >= 15 is 0 Å². The predicted octanol–water partition coefficient (Wildman–Crippen LogP) is 3.78. The second-order valence-corrected chi connectivity index (χ2v) is 3.83. The van der Waals surface area contributed by atoms with Gasteiger partial charge in [-0.2, -0.15) is 0 Å². The fourth-order valence-corrected chi connectivity index (χ4v) is 1.28. The number of hydrogen-bond acceptors (Lipinski definition) is 2. The molecule has 0 aliphatic carbocycles. The lowest BCUT2D eigenvalue weighted by atomic mass is 10.1. The Morgan fingerprint density at radius 3 is 2.41 bits per heavy atom. The fourth-order valence-electron chi connectivity index (χ4n) is 1.28. The first-order valence-corrected chi connectivity index (χ1v) is 6.23. The van der Waals surface area contributed by atoms with Crippen molar-refractivity contribution in [1.82, 2.24) is 0 Å². The second kappa shape index (κ2) is 11.1. The molecule has 0 amide bonds. The van der Waals surface area contributed by atoms with E-state index in [4.69, 9.17) is 0 Å². The molecule has 0 rings (SSSR count). The third-order valence-corrected chi connectivity index (χ3v) is 2.10. The zero-order valence-electron chi connectivity index (χ0n) is 10.8. The number of hydrogen-bond donors (Lipinski definition) is 0. The van der Waals surface area contributed by atoms with Crippen molar-refractivity contribution < 1.29 is 9.59 Å². The lowest BCUT2D eigenvalue weighted by molar-refractivity contribution is -0.124. The molecule has 0 aliphatic rings. The molecule has 0 spiro atoms. The minimum absolute atomic E-state index is 0.0250. The van der Waals surface area contributed by atoms with Crippen LogP contribution in [0.5, 0.6) is 0 Å². The Balaban J connectivity index is 3.80. The largest absolute Gasteiger partial charge is 0.299 e. The molecule has 0 fully saturated rings. The van der Waals surface area contributed by atoms with Gasteiger partial charge in [0.05, 0.1) is 6.42 Å². The molecule has 0 aromatic rings. The minimum atomic E-state index is -0.114. The second-order valence-electron chi connectivity index (χ2n) is 3.83. The first-order valence-electron chi connectivity index (χ1n) is 6.23. The van der Waals surface area contributed by atoms with Gasteiger partial charge in [-0.25, -0.2) is 0 Å². The normalized spacial score (nSPS) is 11.9. The Kier molecular flexibility index (Phi) is 10.1. The highest BCUT2D eigenvalue weighted by Gasteiger charge is 2.04. The Morgan fingerprint density at radius 1 is 1.00 bits per heavy atom. The Hall–Kier alpha value is -1.44. The first kappa shape index (κ1) is 15.6.